The van der Waals surface area contributed by atoms with Crippen LogP contribution in [0.15, 0.2) is 60.6 Å². The van der Waals surface area contributed by atoms with Gasteiger partial charge in [-0.15, -0.1) is 0 Å². The van der Waals surface area contributed by atoms with Crippen LogP contribution in [0.3, 0.4) is 0 Å². The van der Waals surface area contributed by atoms with Gasteiger partial charge in [0.1, 0.15) is 5.78 Å². The first-order valence-electron chi connectivity index (χ1n) is 10.4. The molecule has 5 nitrogen and oxygen atoms in total. The quantitative estimate of drug-likeness (QED) is 0.599. The third kappa shape index (κ3) is 5.12. The number of rotatable bonds is 8. The van der Waals surface area contributed by atoms with Crippen molar-refractivity contribution in [1.82, 2.24) is 9.97 Å². The fraction of sp³-hybridized carbons (Fsp3) is 0.231. The molecule has 1 aromatic carbocycles. The highest BCUT2D eigenvalue weighted by atomic mass is 16.1. The number of hydrogen-bond acceptors (Lipinski definition) is 5. The Kier molecular flexibility index (Phi) is 6.03. The van der Waals surface area contributed by atoms with Crippen molar-refractivity contribution in [3.8, 4) is 0 Å². The maximum absolute atomic E-state index is 12.5. The van der Waals surface area contributed by atoms with E-state index in [4.69, 9.17) is 0 Å². The van der Waals surface area contributed by atoms with Gasteiger partial charge in [-0.05, 0) is 59.9 Å². The molecular weight excluding hydrogens is 386 g/mol. The van der Waals surface area contributed by atoms with Crippen molar-refractivity contribution in [2.24, 2.45) is 0 Å². The number of Topliss-reactive ketones (excluding diaryl/α,β-unsaturated/α-hetero) is 2. The standard InChI is InChI=1S/C26H25N3O2/c1-17-5-6-19(9-25(31)10-20-4-3-7-27-14-20)8-23(17)15-28-24-12-22-11-21(18(2)30)13-26(22)29-16-24/h3-8,11-12,14,16,28H,9-10,13,15H2,1-2H3. The smallest absolute Gasteiger partial charge is 0.156 e. The van der Waals surface area contributed by atoms with E-state index in [1.807, 2.05) is 36.5 Å². The number of pyridine rings is 2. The van der Waals surface area contributed by atoms with Gasteiger partial charge in [-0.1, -0.05) is 24.3 Å². The number of fused-ring (bicyclic) bond motifs is 1. The molecule has 3 aromatic rings. The molecule has 5 heteroatoms. The minimum atomic E-state index is 0.0954. The second-order valence-corrected chi connectivity index (χ2v) is 8.03. The number of hydrogen-bond donors (Lipinski definition) is 1. The molecule has 1 aliphatic rings. The number of anilines is 1. The van der Waals surface area contributed by atoms with Crippen LogP contribution in [-0.4, -0.2) is 21.5 Å². The lowest BCUT2D eigenvalue weighted by atomic mass is 9.99. The van der Waals surface area contributed by atoms with Crippen LogP contribution >= 0.6 is 0 Å². The molecule has 1 aliphatic carbocycles. The Morgan fingerprint density at radius 3 is 2.68 bits per heavy atom. The van der Waals surface area contributed by atoms with Crippen molar-refractivity contribution in [2.75, 3.05) is 5.32 Å². The van der Waals surface area contributed by atoms with Crippen molar-refractivity contribution in [3.05, 3.63) is 94.1 Å². The Bertz CT molecular complexity index is 1170. The van der Waals surface area contributed by atoms with Gasteiger partial charge in [0.25, 0.3) is 0 Å². The molecule has 0 aliphatic heterocycles. The summed E-state index contributed by atoms with van der Waals surface area (Å²) in [7, 11) is 0. The molecule has 0 unspecified atom stereocenters. The minimum absolute atomic E-state index is 0.0954. The highest BCUT2D eigenvalue weighted by molar-refractivity contribution is 6.00. The van der Waals surface area contributed by atoms with E-state index in [0.29, 0.717) is 25.8 Å². The van der Waals surface area contributed by atoms with Crippen LogP contribution < -0.4 is 5.32 Å². The zero-order valence-corrected chi connectivity index (χ0v) is 17.8. The molecule has 0 radical (unpaired) electrons. The zero-order valence-electron chi connectivity index (χ0n) is 17.8. The number of carbonyl (C=O) groups excluding carboxylic acids is 2. The normalized spacial score (nSPS) is 12.3. The number of nitrogens with zero attached hydrogens (tertiary/aromatic N) is 2. The van der Waals surface area contributed by atoms with Crippen molar-refractivity contribution in [1.29, 1.82) is 0 Å². The lowest BCUT2D eigenvalue weighted by molar-refractivity contribution is -0.117. The summed E-state index contributed by atoms with van der Waals surface area (Å²) in [6.45, 7) is 4.30. The van der Waals surface area contributed by atoms with E-state index < -0.39 is 0 Å². The van der Waals surface area contributed by atoms with E-state index in [9.17, 15) is 9.59 Å². The van der Waals surface area contributed by atoms with Crippen LogP contribution in [0.2, 0.25) is 0 Å². The van der Waals surface area contributed by atoms with Gasteiger partial charge in [-0.2, -0.15) is 0 Å². The Morgan fingerprint density at radius 2 is 1.90 bits per heavy atom. The van der Waals surface area contributed by atoms with Crippen LogP contribution in [0.5, 0.6) is 0 Å². The van der Waals surface area contributed by atoms with Crippen molar-refractivity contribution in [2.45, 2.75) is 39.7 Å². The summed E-state index contributed by atoms with van der Waals surface area (Å²) in [5.41, 5.74) is 7.93. The first-order chi connectivity index (χ1) is 15.0. The SMILES string of the molecule is CC(=O)C1=Cc2cc(NCc3cc(CC(=O)Cc4cccnc4)ccc3C)cnc2C1. The third-order valence-electron chi connectivity index (χ3n) is 5.57. The second-order valence-electron chi connectivity index (χ2n) is 8.03. The van der Waals surface area contributed by atoms with Crippen LogP contribution in [0.25, 0.3) is 6.08 Å². The Morgan fingerprint density at radius 1 is 1.06 bits per heavy atom. The average molecular weight is 412 g/mol. The molecule has 0 bridgehead atoms. The number of aryl methyl sites for hydroxylation is 1. The largest absolute Gasteiger partial charge is 0.380 e. The predicted molar refractivity (Wildman–Crippen MR) is 122 cm³/mol. The van der Waals surface area contributed by atoms with Crippen LogP contribution in [0.4, 0.5) is 5.69 Å². The lowest BCUT2D eigenvalue weighted by Gasteiger charge is -2.12. The second kappa shape index (κ2) is 9.04. The van der Waals surface area contributed by atoms with Gasteiger partial charge in [0.15, 0.2) is 5.78 Å². The molecule has 2 aromatic heterocycles. The fourth-order valence-corrected chi connectivity index (χ4v) is 3.77. The van der Waals surface area contributed by atoms with E-state index >= 15 is 0 Å². The van der Waals surface area contributed by atoms with Crippen molar-refractivity contribution in [3.63, 3.8) is 0 Å². The fourth-order valence-electron chi connectivity index (χ4n) is 3.77. The summed E-state index contributed by atoms with van der Waals surface area (Å²) in [6.07, 6.45) is 8.60. The summed E-state index contributed by atoms with van der Waals surface area (Å²) < 4.78 is 0. The summed E-state index contributed by atoms with van der Waals surface area (Å²) in [5, 5.41) is 3.43. The van der Waals surface area contributed by atoms with Crippen molar-refractivity contribution >= 4 is 23.3 Å². The van der Waals surface area contributed by atoms with Gasteiger partial charge in [0.05, 0.1) is 17.6 Å². The maximum atomic E-state index is 12.5. The third-order valence-corrected chi connectivity index (χ3v) is 5.57. The molecule has 156 valence electrons. The van der Waals surface area contributed by atoms with Gasteiger partial charge in [-0.25, -0.2) is 0 Å². The molecule has 0 atom stereocenters. The Labute approximate surface area is 182 Å². The van der Waals surface area contributed by atoms with E-state index in [2.05, 4.69) is 34.3 Å². The molecule has 4 rings (SSSR count). The molecular formula is C26H25N3O2. The van der Waals surface area contributed by atoms with Gasteiger partial charge in [0, 0.05) is 43.8 Å². The lowest BCUT2D eigenvalue weighted by Crippen LogP contribution is -2.08. The molecule has 31 heavy (non-hydrogen) atoms. The zero-order chi connectivity index (χ0) is 21.8. The van der Waals surface area contributed by atoms with Gasteiger partial charge in [-0.3, -0.25) is 19.6 Å². The molecule has 0 spiro atoms. The highest BCUT2D eigenvalue weighted by Crippen LogP contribution is 2.26. The van der Waals surface area contributed by atoms with Gasteiger partial charge >= 0.3 is 0 Å². The summed E-state index contributed by atoms with van der Waals surface area (Å²) in [5.74, 6) is 0.268. The number of allylic oxidation sites excluding steroid dienone is 1. The van der Waals surface area contributed by atoms with E-state index in [1.54, 1.807) is 19.3 Å². The first-order valence-corrected chi connectivity index (χ1v) is 10.4. The molecule has 0 saturated carbocycles. The van der Waals surface area contributed by atoms with E-state index in [-0.39, 0.29) is 11.6 Å². The van der Waals surface area contributed by atoms with Crippen LogP contribution in [0.1, 0.15) is 40.4 Å². The molecule has 0 saturated heterocycles. The number of carbonyl (C=O) groups is 2. The number of ketones is 2. The summed E-state index contributed by atoms with van der Waals surface area (Å²) >= 11 is 0. The predicted octanol–water partition coefficient (Wildman–Crippen LogP) is 4.28. The number of nitrogens with one attached hydrogen (secondary N) is 1. The van der Waals surface area contributed by atoms with E-state index in [1.165, 1.54) is 5.56 Å². The highest BCUT2D eigenvalue weighted by Gasteiger charge is 2.17. The molecule has 2 heterocycles. The van der Waals surface area contributed by atoms with Crippen LogP contribution in [-0.2, 0) is 35.4 Å². The maximum Gasteiger partial charge on any atom is 0.156 e. The molecule has 0 fully saturated rings. The number of aromatic nitrogens is 2. The topological polar surface area (TPSA) is 72.0 Å². The average Bonchev–Trinajstić information content (AvgIpc) is 3.18. The Balaban J connectivity index is 1.41. The van der Waals surface area contributed by atoms with E-state index in [0.717, 1.165) is 39.2 Å². The number of benzene rings is 1. The molecule has 0 amide bonds. The van der Waals surface area contributed by atoms with Crippen LogP contribution in [0, 0.1) is 6.92 Å². The monoisotopic (exact) mass is 411 g/mol. The first kappa shape index (κ1) is 20.7. The van der Waals surface area contributed by atoms with Gasteiger partial charge < -0.3 is 5.32 Å². The summed E-state index contributed by atoms with van der Waals surface area (Å²) in [6, 6.07) is 12.0. The Hall–Kier alpha value is -3.60. The van der Waals surface area contributed by atoms with Gasteiger partial charge in [0.2, 0.25) is 0 Å². The molecule has 1 N–H and O–H groups in total. The minimum Gasteiger partial charge on any atom is -0.380 e. The van der Waals surface area contributed by atoms with Crippen molar-refractivity contribution < 1.29 is 9.59 Å². The summed E-state index contributed by atoms with van der Waals surface area (Å²) in [4.78, 5) is 32.7.